The second-order valence-electron chi connectivity index (χ2n) is 7.47. The van der Waals surface area contributed by atoms with Gasteiger partial charge in [-0.25, -0.2) is 0 Å². The number of amides is 1. The summed E-state index contributed by atoms with van der Waals surface area (Å²) < 4.78 is 32.7. The third kappa shape index (κ3) is 8.54. The molecule has 192 valence electrons. The van der Waals surface area contributed by atoms with Crippen LogP contribution in [0.5, 0.6) is 5.75 Å². The van der Waals surface area contributed by atoms with E-state index in [9.17, 15) is 24.0 Å². The zero-order chi connectivity index (χ0) is 26.1. The Kier molecular flexibility index (Phi) is 9.97. The Hall–Kier alpha value is -3.71. The number of nitrogens with two attached hydrogens (primary N) is 1. The lowest BCUT2D eigenvalue weighted by Crippen LogP contribution is -2.63. The first kappa shape index (κ1) is 27.5. The van der Waals surface area contributed by atoms with Gasteiger partial charge in [0.15, 0.2) is 12.2 Å². The Balaban J connectivity index is 2.44. The van der Waals surface area contributed by atoms with Crippen molar-refractivity contribution < 1.29 is 52.4 Å². The van der Waals surface area contributed by atoms with Gasteiger partial charge in [0.05, 0.1) is 6.54 Å². The molecule has 0 aromatic heterocycles. The first-order valence-corrected chi connectivity index (χ1v) is 10.6. The minimum absolute atomic E-state index is 0.181. The highest BCUT2D eigenvalue weighted by atomic mass is 16.7. The Labute approximate surface area is 201 Å². The van der Waals surface area contributed by atoms with E-state index < -0.39 is 60.5 Å². The zero-order valence-corrected chi connectivity index (χ0v) is 19.7. The van der Waals surface area contributed by atoms with Gasteiger partial charge in [-0.2, -0.15) is 0 Å². The average Bonchev–Trinajstić information content (AvgIpc) is 2.75. The summed E-state index contributed by atoms with van der Waals surface area (Å²) in [6.07, 6.45) is -6.58. The zero-order valence-electron chi connectivity index (χ0n) is 19.7. The number of esters is 4. The lowest BCUT2D eigenvalue weighted by molar-refractivity contribution is -0.288. The van der Waals surface area contributed by atoms with Gasteiger partial charge in [0.25, 0.3) is 0 Å². The number of rotatable bonds is 9. The molecule has 1 heterocycles. The molecule has 1 aromatic carbocycles. The average molecular weight is 496 g/mol. The van der Waals surface area contributed by atoms with Crippen LogP contribution in [0.15, 0.2) is 24.3 Å². The van der Waals surface area contributed by atoms with E-state index in [1.807, 2.05) is 0 Å². The van der Waals surface area contributed by atoms with E-state index in [1.54, 1.807) is 12.1 Å². The molecular weight excluding hydrogens is 468 g/mol. The summed E-state index contributed by atoms with van der Waals surface area (Å²) in [7, 11) is 0. The fourth-order valence-corrected chi connectivity index (χ4v) is 3.28. The number of anilines is 1. The quantitative estimate of drug-likeness (QED) is 0.347. The van der Waals surface area contributed by atoms with E-state index in [0.717, 1.165) is 20.8 Å². The van der Waals surface area contributed by atoms with Gasteiger partial charge in [-0.1, -0.05) is 6.07 Å². The van der Waals surface area contributed by atoms with E-state index in [4.69, 9.17) is 34.2 Å². The maximum atomic E-state index is 11.9. The minimum atomic E-state index is -1.39. The molecule has 1 amide bonds. The van der Waals surface area contributed by atoms with Crippen molar-refractivity contribution in [3.63, 3.8) is 0 Å². The van der Waals surface area contributed by atoms with Gasteiger partial charge in [-0.05, 0) is 12.1 Å². The summed E-state index contributed by atoms with van der Waals surface area (Å²) >= 11 is 0. The van der Waals surface area contributed by atoms with Crippen molar-refractivity contribution in [1.29, 1.82) is 0 Å². The summed E-state index contributed by atoms with van der Waals surface area (Å²) in [6.45, 7) is 3.92. The highest BCUT2D eigenvalue weighted by Gasteiger charge is 2.53. The molecule has 0 bridgehead atoms. The molecule has 5 atom stereocenters. The van der Waals surface area contributed by atoms with Crippen LogP contribution >= 0.6 is 0 Å². The molecule has 13 heteroatoms. The number of benzene rings is 1. The van der Waals surface area contributed by atoms with Crippen molar-refractivity contribution in [1.82, 2.24) is 0 Å². The van der Waals surface area contributed by atoms with E-state index in [2.05, 4.69) is 5.32 Å². The molecule has 5 unspecified atom stereocenters. The summed E-state index contributed by atoms with van der Waals surface area (Å²) in [6, 6.07) is 6.16. The first-order chi connectivity index (χ1) is 16.5. The second-order valence-corrected chi connectivity index (χ2v) is 7.47. The minimum Gasteiger partial charge on any atom is -0.463 e. The third-order valence-electron chi connectivity index (χ3n) is 4.50. The molecular formula is C22H28N2O11. The molecule has 0 aliphatic carbocycles. The van der Waals surface area contributed by atoms with Gasteiger partial charge >= 0.3 is 23.9 Å². The van der Waals surface area contributed by atoms with Crippen molar-refractivity contribution in [3.8, 4) is 5.75 Å². The molecule has 1 aliphatic rings. The molecule has 2 rings (SSSR count). The number of carbonyl (C=O) groups is 5. The molecule has 1 aliphatic heterocycles. The second kappa shape index (κ2) is 12.7. The normalized spacial score (nSPS) is 23.4. The standard InChI is InChI=1S/C22H28N2O11/c1-11(25)30-10-17-19(31-12(2)26)20(32-13(3)27)21(33-14(4)28)22(35-17)34-16-7-5-6-15(8-16)24-18(29)9-23/h5-8,17,19-22H,9-10,23H2,1-4H3,(H,24,29). The van der Waals surface area contributed by atoms with Gasteiger partial charge < -0.3 is 39.5 Å². The summed E-state index contributed by atoms with van der Waals surface area (Å²) in [5.41, 5.74) is 5.68. The number of carbonyl (C=O) groups excluding carboxylic acids is 5. The smallest absolute Gasteiger partial charge is 0.303 e. The molecule has 35 heavy (non-hydrogen) atoms. The van der Waals surface area contributed by atoms with Gasteiger partial charge in [0, 0.05) is 39.4 Å². The van der Waals surface area contributed by atoms with Gasteiger partial charge in [-0.15, -0.1) is 0 Å². The van der Waals surface area contributed by atoms with Crippen LogP contribution in [0.1, 0.15) is 27.7 Å². The van der Waals surface area contributed by atoms with Crippen LogP contribution in [0.4, 0.5) is 5.69 Å². The Morgan fingerprint density at radius 3 is 2.06 bits per heavy atom. The lowest BCUT2D eigenvalue weighted by atomic mass is 9.98. The van der Waals surface area contributed by atoms with Crippen LogP contribution in [0.3, 0.4) is 0 Å². The maximum absolute atomic E-state index is 11.9. The van der Waals surface area contributed by atoms with Crippen molar-refractivity contribution in [2.45, 2.75) is 58.4 Å². The Bertz CT molecular complexity index is 951. The number of hydrogen-bond acceptors (Lipinski definition) is 12. The highest BCUT2D eigenvalue weighted by molar-refractivity contribution is 5.92. The fourth-order valence-electron chi connectivity index (χ4n) is 3.28. The highest BCUT2D eigenvalue weighted by Crippen LogP contribution is 2.31. The van der Waals surface area contributed by atoms with E-state index >= 15 is 0 Å². The van der Waals surface area contributed by atoms with Crippen LogP contribution in [-0.4, -0.2) is 73.6 Å². The van der Waals surface area contributed by atoms with Gasteiger partial charge in [-0.3, -0.25) is 24.0 Å². The van der Waals surface area contributed by atoms with E-state index in [1.165, 1.54) is 19.1 Å². The predicted octanol–water partition coefficient (Wildman–Crippen LogP) is 0.0457. The van der Waals surface area contributed by atoms with Crippen molar-refractivity contribution in [2.75, 3.05) is 18.5 Å². The number of nitrogens with one attached hydrogen (secondary N) is 1. The van der Waals surface area contributed by atoms with Crippen LogP contribution in [0, 0.1) is 0 Å². The Morgan fingerprint density at radius 1 is 0.886 bits per heavy atom. The SMILES string of the molecule is CC(=O)OCC1OC(Oc2cccc(NC(=O)CN)c2)C(OC(C)=O)C(OC(C)=O)C1OC(C)=O. The molecule has 0 saturated carbocycles. The maximum Gasteiger partial charge on any atom is 0.303 e. The van der Waals surface area contributed by atoms with Crippen LogP contribution < -0.4 is 15.8 Å². The van der Waals surface area contributed by atoms with Crippen LogP contribution in [0.25, 0.3) is 0 Å². The topological polar surface area (TPSA) is 179 Å². The molecule has 1 aromatic rings. The molecule has 1 fully saturated rings. The van der Waals surface area contributed by atoms with Crippen LogP contribution in [0.2, 0.25) is 0 Å². The number of ether oxygens (including phenoxy) is 6. The van der Waals surface area contributed by atoms with Crippen molar-refractivity contribution in [3.05, 3.63) is 24.3 Å². The van der Waals surface area contributed by atoms with E-state index in [0.29, 0.717) is 5.69 Å². The summed E-state index contributed by atoms with van der Waals surface area (Å²) in [4.78, 5) is 58.5. The third-order valence-corrected chi connectivity index (χ3v) is 4.50. The summed E-state index contributed by atoms with van der Waals surface area (Å²) in [5.74, 6) is -3.15. The molecule has 13 nitrogen and oxygen atoms in total. The van der Waals surface area contributed by atoms with Crippen molar-refractivity contribution >= 4 is 35.5 Å². The molecule has 0 spiro atoms. The largest absolute Gasteiger partial charge is 0.463 e. The summed E-state index contributed by atoms with van der Waals surface area (Å²) in [5, 5.41) is 2.56. The monoisotopic (exact) mass is 496 g/mol. The van der Waals surface area contributed by atoms with Crippen LogP contribution in [-0.2, 0) is 47.7 Å². The fraction of sp³-hybridized carbons (Fsp3) is 0.500. The Morgan fingerprint density at radius 2 is 1.49 bits per heavy atom. The molecule has 0 radical (unpaired) electrons. The van der Waals surface area contributed by atoms with E-state index in [-0.39, 0.29) is 18.9 Å². The number of hydrogen-bond donors (Lipinski definition) is 2. The van der Waals surface area contributed by atoms with Gasteiger partial charge in [0.2, 0.25) is 18.3 Å². The first-order valence-electron chi connectivity index (χ1n) is 10.6. The predicted molar refractivity (Wildman–Crippen MR) is 117 cm³/mol. The molecule has 1 saturated heterocycles. The lowest BCUT2D eigenvalue weighted by Gasteiger charge is -2.43. The van der Waals surface area contributed by atoms with Crippen molar-refractivity contribution in [2.24, 2.45) is 5.73 Å². The molecule has 3 N–H and O–H groups in total. The van der Waals surface area contributed by atoms with Gasteiger partial charge in [0.1, 0.15) is 18.5 Å².